The minimum absolute atomic E-state index is 0.0839. The molecule has 0 aliphatic carbocycles. The van der Waals surface area contributed by atoms with Crippen molar-refractivity contribution in [3.63, 3.8) is 0 Å². The molecule has 1 heterocycles. The van der Waals surface area contributed by atoms with Crippen molar-refractivity contribution in [2.24, 2.45) is 29.6 Å². The van der Waals surface area contributed by atoms with Crippen LogP contribution in [0.1, 0.15) is 101 Å². The number of carbonyl (C=O) groups is 5. The van der Waals surface area contributed by atoms with Gasteiger partial charge in [-0.2, -0.15) is 0 Å². The molecule has 0 aromatic rings. The molecule has 1 rings (SSSR count). The van der Waals surface area contributed by atoms with Crippen LogP contribution in [0.15, 0.2) is 0 Å². The van der Waals surface area contributed by atoms with Gasteiger partial charge >= 0.3 is 0 Å². The summed E-state index contributed by atoms with van der Waals surface area (Å²) < 4.78 is 0. The van der Waals surface area contributed by atoms with Gasteiger partial charge in [0.2, 0.25) is 29.5 Å². The fraction of sp³-hybridized carbons (Fsp3) is 0.844. The summed E-state index contributed by atoms with van der Waals surface area (Å²) in [5, 5.41) is 8.78. The summed E-state index contributed by atoms with van der Waals surface area (Å²) in [6, 6.07) is -4.29. The fourth-order valence-electron chi connectivity index (χ4n) is 5.47. The van der Waals surface area contributed by atoms with Crippen molar-refractivity contribution in [2.45, 2.75) is 132 Å². The van der Waals surface area contributed by atoms with Gasteiger partial charge in [0.25, 0.3) is 0 Å². The van der Waals surface area contributed by atoms with Crippen LogP contribution in [0, 0.1) is 29.6 Å². The van der Waals surface area contributed by atoms with Gasteiger partial charge in [0, 0.05) is 14.1 Å². The van der Waals surface area contributed by atoms with Crippen LogP contribution in [0.3, 0.4) is 0 Å². The van der Waals surface area contributed by atoms with Gasteiger partial charge in [0.15, 0.2) is 0 Å². The first kappa shape index (κ1) is 37.4. The van der Waals surface area contributed by atoms with E-state index in [0.29, 0.717) is 32.1 Å². The summed E-state index contributed by atoms with van der Waals surface area (Å²) in [6.07, 6.45) is 1.90. The maximum atomic E-state index is 13.9. The molecule has 1 aliphatic heterocycles. The average molecular weight is 594 g/mol. The van der Waals surface area contributed by atoms with Gasteiger partial charge in [-0.05, 0) is 61.7 Å². The molecule has 10 heteroatoms. The van der Waals surface area contributed by atoms with Crippen LogP contribution in [-0.4, -0.2) is 83.6 Å². The van der Waals surface area contributed by atoms with Crippen LogP contribution >= 0.6 is 0 Å². The summed E-state index contributed by atoms with van der Waals surface area (Å²) >= 11 is 0. The molecule has 0 aromatic carbocycles. The lowest BCUT2D eigenvalue weighted by Crippen LogP contribution is -2.58. The Kier molecular flexibility index (Phi) is 15.0. The highest BCUT2D eigenvalue weighted by Gasteiger charge is 2.39. The van der Waals surface area contributed by atoms with Crippen molar-refractivity contribution >= 4 is 29.5 Å². The van der Waals surface area contributed by atoms with Crippen LogP contribution in [-0.2, 0) is 24.0 Å². The Labute approximate surface area is 254 Å². The second-order valence-corrected chi connectivity index (χ2v) is 14.3. The zero-order chi connectivity index (χ0) is 32.5. The van der Waals surface area contributed by atoms with E-state index in [4.69, 9.17) is 0 Å². The van der Waals surface area contributed by atoms with Gasteiger partial charge in [0.05, 0.1) is 0 Å². The SMILES string of the molecule is CC(C)CC1NC(=O)C(CC(C)C)N(C)C(=O)C(CC(C)C)NC(=O)C(CC(C)C)N(C)C(=O)C(CC(C)C)NC1=O. The topological polar surface area (TPSA) is 128 Å². The third-order valence-corrected chi connectivity index (χ3v) is 7.61. The number of amides is 5. The highest BCUT2D eigenvalue weighted by molar-refractivity contribution is 5.97. The van der Waals surface area contributed by atoms with Gasteiger partial charge in [-0.15, -0.1) is 0 Å². The number of nitrogens with zero attached hydrogens (tertiary/aromatic N) is 2. The van der Waals surface area contributed by atoms with Crippen LogP contribution in [0.4, 0.5) is 0 Å². The summed E-state index contributed by atoms with van der Waals surface area (Å²) in [6.45, 7) is 19.7. The molecule has 3 N–H and O–H groups in total. The average Bonchev–Trinajstić information content (AvgIpc) is 2.85. The van der Waals surface area contributed by atoms with Crippen molar-refractivity contribution < 1.29 is 24.0 Å². The van der Waals surface area contributed by atoms with Gasteiger partial charge in [-0.25, -0.2) is 0 Å². The van der Waals surface area contributed by atoms with Crippen LogP contribution in [0.5, 0.6) is 0 Å². The van der Waals surface area contributed by atoms with Crippen molar-refractivity contribution in [2.75, 3.05) is 14.1 Å². The minimum atomic E-state index is -0.883. The Balaban J connectivity index is 3.80. The second-order valence-electron chi connectivity index (χ2n) is 14.3. The van der Waals surface area contributed by atoms with E-state index in [1.54, 1.807) is 14.1 Å². The molecule has 242 valence electrons. The van der Waals surface area contributed by atoms with Gasteiger partial charge in [0.1, 0.15) is 30.2 Å². The lowest BCUT2D eigenvalue weighted by Gasteiger charge is -2.35. The Morgan fingerprint density at radius 3 is 1.02 bits per heavy atom. The van der Waals surface area contributed by atoms with Gasteiger partial charge in [-0.1, -0.05) is 69.2 Å². The number of rotatable bonds is 10. The summed E-state index contributed by atoms with van der Waals surface area (Å²) in [5.41, 5.74) is 0. The van der Waals surface area contributed by atoms with Crippen LogP contribution in [0.25, 0.3) is 0 Å². The first-order valence-corrected chi connectivity index (χ1v) is 15.8. The van der Waals surface area contributed by atoms with E-state index >= 15 is 0 Å². The zero-order valence-corrected chi connectivity index (χ0v) is 28.2. The number of likely N-dealkylation sites (N-methyl/N-ethyl adjacent to an activating group) is 2. The number of hydrogen-bond donors (Lipinski definition) is 3. The fourth-order valence-corrected chi connectivity index (χ4v) is 5.47. The molecule has 10 nitrogen and oxygen atoms in total. The number of hydrogen-bond acceptors (Lipinski definition) is 5. The highest BCUT2D eigenvalue weighted by atomic mass is 16.2. The third kappa shape index (κ3) is 11.6. The molecule has 0 spiro atoms. The maximum absolute atomic E-state index is 13.9. The van der Waals surface area contributed by atoms with Crippen molar-refractivity contribution in [3.8, 4) is 0 Å². The zero-order valence-electron chi connectivity index (χ0n) is 28.2. The molecule has 5 atom stereocenters. The predicted molar refractivity (Wildman–Crippen MR) is 166 cm³/mol. The summed E-state index contributed by atoms with van der Waals surface area (Å²) in [7, 11) is 3.17. The first-order chi connectivity index (χ1) is 19.3. The van der Waals surface area contributed by atoms with E-state index < -0.39 is 47.9 Å². The van der Waals surface area contributed by atoms with E-state index in [9.17, 15) is 24.0 Å². The first-order valence-electron chi connectivity index (χ1n) is 15.8. The molecule has 1 aliphatic rings. The lowest BCUT2D eigenvalue weighted by atomic mass is 9.96. The quantitative estimate of drug-likeness (QED) is 0.358. The molecule has 1 fully saturated rings. The Bertz CT molecular complexity index is 932. The van der Waals surface area contributed by atoms with Crippen LogP contribution < -0.4 is 16.0 Å². The molecule has 0 saturated carbocycles. The summed E-state index contributed by atoms with van der Waals surface area (Å²) in [5.74, 6) is -1.59. The standard InChI is InChI=1S/C32H59N5O5/c1-18(2)13-23-28(38)34-24(14-19(3)4)31(41)37(12)27(17-22(9)10)30(40)35-25(15-20(5)6)32(42)36(11)26(16-21(7)8)29(39)33-23/h18-27H,13-17H2,1-12H3,(H,33,39)(H,34,38)(H,35,40). The van der Waals surface area contributed by atoms with Crippen molar-refractivity contribution in [1.82, 2.24) is 25.8 Å². The minimum Gasteiger partial charge on any atom is -0.343 e. The van der Waals surface area contributed by atoms with E-state index in [1.165, 1.54) is 9.80 Å². The largest absolute Gasteiger partial charge is 0.343 e. The molecular formula is C32H59N5O5. The number of carbonyl (C=O) groups excluding carboxylic acids is 5. The molecule has 5 unspecified atom stereocenters. The van der Waals surface area contributed by atoms with Gasteiger partial charge < -0.3 is 25.8 Å². The molecule has 0 aromatic heterocycles. The lowest BCUT2D eigenvalue weighted by molar-refractivity contribution is -0.145. The van der Waals surface area contributed by atoms with E-state index in [2.05, 4.69) is 16.0 Å². The van der Waals surface area contributed by atoms with Crippen molar-refractivity contribution in [3.05, 3.63) is 0 Å². The second kappa shape index (κ2) is 16.8. The predicted octanol–water partition coefficient (Wildman–Crippen LogP) is 3.34. The van der Waals surface area contributed by atoms with Crippen molar-refractivity contribution in [1.29, 1.82) is 0 Å². The Hall–Kier alpha value is -2.65. The molecule has 5 amide bonds. The van der Waals surface area contributed by atoms with Crippen LogP contribution in [0.2, 0.25) is 0 Å². The maximum Gasteiger partial charge on any atom is 0.245 e. The molecule has 0 radical (unpaired) electrons. The summed E-state index contributed by atoms with van der Waals surface area (Å²) in [4.78, 5) is 72.0. The Morgan fingerprint density at radius 1 is 0.452 bits per heavy atom. The van der Waals surface area contributed by atoms with E-state index in [0.717, 1.165) is 0 Å². The Morgan fingerprint density at radius 2 is 0.714 bits per heavy atom. The molecule has 0 bridgehead atoms. The third-order valence-electron chi connectivity index (χ3n) is 7.61. The van der Waals surface area contributed by atoms with E-state index in [1.807, 2.05) is 69.2 Å². The smallest absolute Gasteiger partial charge is 0.245 e. The molecule has 1 saturated heterocycles. The molecular weight excluding hydrogens is 534 g/mol. The highest BCUT2D eigenvalue weighted by Crippen LogP contribution is 2.20. The monoisotopic (exact) mass is 593 g/mol. The van der Waals surface area contributed by atoms with Gasteiger partial charge in [-0.3, -0.25) is 24.0 Å². The van der Waals surface area contributed by atoms with E-state index in [-0.39, 0.29) is 41.4 Å². The normalized spacial score (nSPS) is 25.7. The number of nitrogens with one attached hydrogen (secondary N) is 3. The molecule has 42 heavy (non-hydrogen) atoms.